The second-order valence-corrected chi connectivity index (χ2v) is 6.06. The predicted octanol–water partition coefficient (Wildman–Crippen LogP) is 4.16. The number of amides is 1. The highest BCUT2D eigenvalue weighted by molar-refractivity contribution is 5.98. The first-order chi connectivity index (χ1) is 13.0. The molecular weight excluding hydrogens is 342 g/mol. The molecule has 27 heavy (non-hydrogen) atoms. The van der Waals surface area contributed by atoms with E-state index in [4.69, 9.17) is 4.74 Å². The van der Waals surface area contributed by atoms with Crippen LogP contribution in [0, 0.1) is 6.92 Å². The van der Waals surface area contributed by atoms with Crippen molar-refractivity contribution >= 4 is 17.6 Å². The molecule has 0 aliphatic rings. The van der Waals surface area contributed by atoms with Gasteiger partial charge in [-0.2, -0.15) is 0 Å². The third kappa shape index (κ3) is 4.52. The molecule has 3 aromatic carbocycles. The molecule has 5 nitrogen and oxygen atoms in total. The van der Waals surface area contributed by atoms with E-state index in [2.05, 4.69) is 5.32 Å². The average Bonchev–Trinajstić information content (AvgIpc) is 2.67. The van der Waals surface area contributed by atoms with Gasteiger partial charge in [0, 0.05) is 11.3 Å². The van der Waals surface area contributed by atoms with Crippen LogP contribution in [0.1, 0.15) is 15.9 Å². The first kappa shape index (κ1) is 18.2. The third-order valence-electron chi connectivity index (χ3n) is 3.99. The number of aryl methyl sites for hydroxylation is 1. The van der Waals surface area contributed by atoms with Gasteiger partial charge in [0.1, 0.15) is 11.3 Å². The van der Waals surface area contributed by atoms with E-state index >= 15 is 0 Å². The minimum absolute atomic E-state index is 0.0260. The normalized spacial score (nSPS) is 10.3. The Labute approximate surface area is 157 Å². The zero-order valence-electron chi connectivity index (χ0n) is 14.8. The third-order valence-corrected chi connectivity index (χ3v) is 3.99. The summed E-state index contributed by atoms with van der Waals surface area (Å²) in [5.41, 5.74) is 3.31. The number of esters is 1. The van der Waals surface area contributed by atoms with Crippen molar-refractivity contribution in [2.24, 2.45) is 0 Å². The van der Waals surface area contributed by atoms with E-state index in [-0.39, 0.29) is 11.3 Å². The number of para-hydroxylation sites is 1. The van der Waals surface area contributed by atoms with Crippen LogP contribution in [0.3, 0.4) is 0 Å². The van der Waals surface area contributed by atoms with Crippen LogP contribution in [-0.2, 0) is 9.53 Å². The van der Waals surface area contributed by atoms with Crippen LogP contribution < -0.4 is 5.32 Å². The quantitative estimate of drug-likeness (QED) is 0.669. The number of phenolic OH excluding ortho intramolecular Hbond substituents is 1. The van der Waals surface area contributed by atoms with Crippen molar-refractivity contribution in [3.8, 4) is 16.9 Å². The first-order valence-electron chi connectivity index (χ1n) is 8.45. The van der Waals surface area contributed by atoms with E-state index in [1.807, 2.05) is 48.5 Å². The van der Waals surface area contributed by atoms with E-state index < -0.39 is 18.5 Å². The maximum absolute atomic E-state index is 12.2. The number of rotatable bonds is 5. The molecule has 3 aromatic rings. The predicted molar refractivity (Wildman–Crippen MR) is 104 cm³/mol. The van der Waals surface area contributed by atoms with Gasteiger partial charge in [-0.05, 0) is 36.2 Å². The Hall–Kier alpha value is -3.60. The minimum Gasteiger partial charge on any atom is -0.507 e. The molecule has 0 fully saturated rings. The molecule has 0 unspecified atom stereocenters. The number of aromatic hydroxyl groups is 1. The molecule has 0 bridgehead atoms. The van der Waals surface area contributed by atoms with Gasteiger partial charge in [-0.3, -0.25) is 4.79 Å². The monoisotopic (exact) mass is 361 g/mol. The summed E-state index contributed by atoms with van der Waals surface area (Å²) in [6.07, 6.45) is 0. The Bertz CT molecular complexity index is 967. The molecule has 0 atom stereocenters. The van der Waals surface area contributed by atoms with Crippen molar-refractivity contribution < 1.29 is 19.4 Å². The van der Waals surface area contributed by atoms with Gasteiger partial charge in [0.15, 0.2) is 6.61 Å². The Morgan fingerprint density at radius 3 is 2.41 bits per heavy atom. The van der Waals surface area contributed by atoms with Crippen molar-refractivity contribution in [1.82, 2.24) is 0 Å². The Balaban J connectivity index is 1.66. The van der Waals surface area contributed by atoms with Crippen molar-refractivity contribution in [3.63, 3.8) is 0 Å². The standard InChI is InChI=1S/C22H19NO4/c1-15-11-12-18(20(24)13-15)22(26)27-14-21(25)23-19-10-6-5-9-17(19)16-7-3-2-4-8-16/h2-13,24H,14H2,1H3,(H,23,25). The van der Waals surface area contributed by atoms with Gasteiger partial charge in [-0.15, -0.1) is 0 Å². The smallest absolute Gasteiger partial charge is 0.342 e. The highest BCUT2D eigenvalue weighted by atomic mass is 16.5. The van der Waals surface area contributed by atoms with E-state index in [1.165, 1.54) is 12.1 Å². The van der Waals surface area contributed by atoms with Crippen LogP contribution in [0.25, 0.3) is 11.1 Å². The second kappa shape index (κ2) is 8.19. The fourth-order valence-electron chi connectivity index (χ4n) is 2.67. The highest BCUT2D eigenvalue weighted by Gasteiger charge is 2.15. The minimum atomic E-state index is -0.751. The fourth-order valence-corrected chi connectivity index (χ4v) is 2.67. The van der Waals surface area contributed by atoms with Crippen molar-refractivity contribution in [3.05, 3.63) is 83.9 Å². The number of phenols is 1. The van der Waals surface area contributed by atoms with E-state index in [9.17, 15) is 14.7 Å². The number of hydrogen-bond acceptors (Lipinski definition) is 4. The van der Waals surface area contributed by atoms with E-state index in [0.717, 1.165) is 16.7 Å². The summed E-state index contributed by atoms with van der Waals surface area (Å²) >= 11 is 0. The van der Waals surface area contributed by atoms with Gasteiger partial charge in [0.25, 0.3) is 5.91 Å². The van der Waals surface area contributed by atoms with Crippen molar-refractivity contribution in [2.75, 3.05) is 11.9 Å². The number of nitrogens with one attached hydrogen (secondary N) is 1. The Morgan fingerprint density at radius 2 is 1.67 bits per heavy atom. The topological polar surface area (TPSA) is 75.6 Å². The molecule has 3 rings (SSSR count). The summed E-state index contributed by atoms with van der Waals surface area (Å²) < 4.78 is 5.02. The maximum Gasteiger partial charge on any atom is 0.342 e. The zero-order valence-corrected chi connectivity index (χ0v) is 14.8. The lowest BCUT2D eigenvalue weighted by atomic mass is 10.0. The van der Waals surface area contributed by atoms with Crippen molar-refractivity contribution in [1.29, 1.82) is 0 Å². The summed E-state index contributed by atoms with van der Waals surface area (Å²) in [6, 6.07) is 21.7. The summed E-state index contributed by atoms with van der Waals surface area (Å²) in [7, 11) is 0. The van der Waals surface area contributed by atoms with Crippen LogP contribution >= 0.6 is 0 Å². The van der Waals surface area contributed by atoms with Crippen LogP contribution in [0.5, 0.6) is 5.75 Å². The maximum atomic E-state index is 12.2. The second-order valence-electron chi connectivity index (χ2n) is 6.06. The van der Waals surface area contributed by atoms with Crippen LogP contribution in [-0.4, -0.2) is 23.6 Å². The van der Waals surface area contributed by atoms with Gasteiger partial charge in [0.05, 0.1) is 0 Å². The molecule has 1 amide bonds. The number of hydrogen-bond donors (Lipinski definition) is 2. The molecule has 0 saturated heterocycles. The number of ether oxygens (including phenoxy) is 1. The molecular formula is C22H19NO4. The molecule has 0 aliphatic carbocycles. The zero-order chi connectivity index (χ0) is 19.2. The van der Waals surface area contributed by atoms with Gasteiger partial charge in [-0.1, -0.05) is 54.6 Å². The molecule has 0 radical (unpaired) electrons. The Morgan fingerprint density at radius 1 is 0.963 bits per heavy atom. The first-order valence-corrected chi connectivity index (χ1v) is 8.45. The molecule has 5 heteroatoms. The summed E-state index contributed by atoms with van der Waals surface area (Å²) in [4.78, 5) is 24.3. The Kier molecular flexibility index (Phi) is 5.52. The lowest BCUT2D eigenvalue weighted by Crippen LogP contribution is -2.21. The number of carbonyl (C=O) groups excluding carboxylic acids is 2. The fraction of sp³-hybridized carbons (Fsp3) is 0.0909. The molecule has 0 aromatic heterocycles. The molecule has 136 valence electrons. The molecule has 0 heterocycles. The average molecular weight is 361 g/mol. The van der Waals surface area contributed by atoms with E-state index in [1.54, 1.807) is 19.1 Å². The number of carbonyl (C=O) groups is 2. The van der Waals surface area contributed by atoms with Gasteiger partial charge in [-0.25, -0.2) is 4.79 Å². The number of benzene rings is 3. The molecule has 0 aliphatic heterocycles. The van der Waals surface area contributed by atoms with Gasteiger partial charge < -0.3 is 15.2 Å². The molecule has 0 spiro atoms. The summed E-state index contributed by atoms with van der Waals surface area (Å²) in [6.45, 7) is 1.35. The van der Waals surface area contributed by atoms with Crippen molar-refractivity contribution in [2.45, 2.75) is 6.92 Å². The largest absolute Gasteiger partial charge is 0.507 e. The SMILES string of the molecule is Cc1ccc(C(=O)OCC(=O)Nc2ccccc2-c2ccccc2)c(O)c1. The van der Waals surface area contributed by atoms with E-state index in [0.29, 0.717) is 5.69 Å². The van der Waals surface area contributed by atoms with Gasteiger partial charge >= 0.3 is 5.97 Å². The van der Waals surface area contributed by atoms with Crippen LogP contribution in [0.15, 0.2) is 72.8 Å². The lowest BCUT2D eigenvalue weighted by molar-refractivity contribution is -0.119. The lowest BCUT2D eigenvalue weighted by Gasteiger charge is -2.12. The summed E-state index contributed by atoms with van der Waals surface area (Å²) in [5, 5.41) is 12.6. The summed E-state index contributed by atoms with van der Waals surface area (Å²) in [5.74, 6) is -1.38. The highest BCUT2D eigenvalue weighted by Crippen LogP contribution is 2.27. The molecule has 2 N–H and O–H groups in total. The van der Waals surface area contributed by atoms with Crippen LogP contribution in [0.2, 0.25) is 0 Å². The van der Waals surface area contributed by atoms with Crippen LogP contribution in [0.4, 0.5) is 5.69 Å². The molecule has 0 saturated carbocycles. The number of anilines is 1. The van der Waals surface area contributed by atoms with Gasteiger partial charge in [0.2, 0.25) is 0 Å².